The average Bonchev–Trinajstić information content (AvgIpc) is 3.15. The second kappa shape index (κ2) is 8.43. The van der Waals surface area contributed by atoms with Gasteiger partial charge in [0.25, 0.3) is 5.91 Å². The van der Waals surface area contributed by atoms with Gasteiger partial charge in [0.1, 0.15) is 5.82 Å². The van der Waals surface area contributed by atoms with Crippen LogP contribution >= 0.6 is 0 Å². The first-order valence-electron chi connectivity index (χ1n) is 9.86. The summed E-state index contributed by atoms with van der Waals surface area (Å²) in [5.74, 6) is -0.0191. The molecular formula is C22H24FN5O. The number of pyridine rings is 1. The first-order valence-corrected chi connectivity index (χ1v) is 9.86. The number of benzene rings is 1. The molecule has 29 heavy (non-hydrogen) atoms. The Morgan fingerprint density at radius 3 is 2.48 bits per heavy atom. The average molecular weight is 393 g/mol. The van der Waals surface area contributed by atoms with E-state index in [1.807, 2.05) is 31.5 Å². The van der Waals surface area contributed by atoms with Crippen molar-refractivity contribution in [3.63, 3.8) is 0 Å². The zero-order valence-corrected chi connectivity index (χ0v) is 16.4. The minimum Gasteiger partial charge on any atom is -0.371 e. The lowest BCUT2D eigenvalue weighted by atomic mass is 9.96. The van der Waals surface area contributed by atoms with Gasteiger partial charge < -0.3 is 10.2 Å². The van der Waals surface area contributed by atoms with Crippen molar-refractivity contribution in [1.82, 2.24) is 20.1 Å². The van der Waals surface area contributed by atoms with Crippen molar-refractivity contribution in [2.75, 3.05) is 24.5 Å². The Labute approximate surface area is 169 Å². The summed E-state index contributed by atoms with van der Waals surface area (Å²) in [6.07, 6.45) is 5.70. The number of rotatable bonds is 5. The highest BCUT2D eigenvalue weighted by molar-refractivity contribution is 5.92. The van der Waals surface area contributed by atoms with Gasteiger partial charge in [-0.15, -0.1) is 0 Å². The van der Waals surface area contributed by atoms with Crippen molar-refractivity contribution in [2.45, 2.75) is 19.8 Å². The van der Waals surface area contributed by atoms with Crippen LogP contribution in [0.1, 0.15) is 29.0 Å². The maximum Gasteiger partial charge on any atom is 0.271 e. The molecule has 1 amide bonds. The van der Waals surface area contributed by atoms with Crippen LogP contribution in [0.25, 0.3) is 5.69 Å². The van der Waals surface area contributed by atoms with E-state index in [2.05, 4.69) is 20.3 Å². The highest BCUT2D eigenvalue weighted by atomic mass is 19.1. The van der Waals surface area contributed by atoms with Gasteiger partial charge in [0.05, 0.1) is 5.69 Å². The van der Waals surface area contributed by atoms with E-state index in [0.717, 1.165) is 37.3 Å². The summed E-state index contributed by atoms with van der Waals surface area (Å²) in [7, 11) is 0. The number of piperidine rings is 1. The van der Waals surface area contributed by atoms with Gasteiger partial charge in [-0.1, -0.05) is 0 Å². The predicted octanol–water partition coefficient (Wildman–Crippen LogP) is 3.36. The van der Waals surface area contributed by atoms with Crippen LogP contribution in [0.15, 0.2) is 54.9 Å². The van der Waals surface area contributed by atoms with Crippen LogP contribution < -0.4 is 10.2 Å². The lowest BCUT2D eigenvalue weighted by Gasteiger charge is -2.33. The zero-order valence-electron chi connectivity index (χ0n) is 16.4. The second-order valence-electron chi connectivity index (χ2n) is 7.41. The fourth-order valence-corrected chi connectivity index (χ4v) is 3.71. The number of aromatic nitrogens is 3. The summed E-state index contributed by atoms with van der Waals surface area (Å²) in [5, 5.41) is 7.41. The van der Waals surface area contributed by atoms with Crippen LogP contribution in [0, 0.1) is 18.7 Å². The summed E-state index contributed by atoms with van der Waals surface area (Å²) in [4.78, 5) is 19.0. The lowest BCUT2D eigenvalue weighted by molar-refractivity contribution is 0.0939. The van der Waals surface area contributed by atoms with Crippen LogP contribution in [0.4, 0.5) is 10.1 Å². The SMILES string of the molecule is Cc1cc(C(=O)NCC2CCN(c3ccncc3)CC2)nn1-c1ccc(F)cc1. The number of halogens is 1. The number of nitrogens with one attached hydrogen (secondary N) is 1. The molecule has 1 saturated heterocycles. The molecule has 0 saturated carbocycles. The third kappa shape index (κ3) is 4.45. The predicted molar refractivity (Wildman–Crippen MR) is 110 cm³/mol. The van der Waals surface area contributed by atoms with Crippen molar-refractivity contribution in [2.24, 2.45) is 5.92 Å². The van der Waals surface area contributed by atoms with Crippen LogP contribution in [0.3, 0.4) is 0 Å². The van der Waals surface area contributed by atoms with E-state index in [9.17, 15) is 9.18 Å². The van der Waals surface area contributed by atoms with E-state index in [1.54, 1.807) is 22.9 Å². The van der Waals surface area contributed by atoms with Gasteiger partial charge in [0, 0.05) is 43.4 Å². The minimum absolute atomic E-state index is 0.175. The molecule has 0 radical (unpaired) electrons. The molecule has 0 atom stereocenters. The van der Waals surface area contributed by atoms with Crippen molar-refractivity contribution in [1.29, 1.82) is 0 Å². The van der Waals surface area contributed by atoms with E-state index in [4.69, 9.17) is 0 Å². The van der Waals surface area contributed by atoms with Crippen molar-refractivity contribution < 1.29 is 9.18 Å². The number of amides is 1. The number of hydrogen-bond acceptors (Lipinski definition) is 4. The smallest absolute Gasteiger partial charge is 0.271 e. The summed E-state index contributed by atoms with van der Waals surface area (Å²) in [5.41, 5.74) is 3.13. The Kier molecular flexibility index (Phi) is 5.55. The molecular weight excluding hydrogens is 369 g/mol. The third-order valence-corrected chi connectivity index (χ3v) is 5.38. The molecule has 1 N–H and O–H groups in total. The standard InChI is InChI=1S/C22H24FN5O/c1-16-14-21(26-28(16)20-4-2-18(23)3-5-20)22(29)25-15-17-8-12-27(13-9-17)19-6-10-24-11-7-19/h2-7,10-11,14,17H,8-9,12-13,15H2,1H3,(H,25,29). The van der Waals surface area contributed by atoms with Gasteiger partial charge in [0.2, 0.25) is 0 Å². The van der Waals surface area contributed by atoms with Crippen LogP contribution in [-0.2, 0) is 0 Å². The fraction of sp³-hybridized carbons (Fsp3) is 0.318. The summed E-state index contributed by atoms with van der Waals surface area (Å²) in [6.45, 7) is 4.47. The van der Waals surface area contributed by atoms with Crippen LogP contribution in [-0.4, -0.2) is 40.3 Å². The van der Waals surface area contributed by atoms with E-state index in [-0.39, 0.29) is 11.7 Å². The third-order valence-electron chi connectivity index (χ3n) is 5.38. The molecule has 6 nitrogen and oxygen atoms in total. The molecule has 0 spiro atoms. The Morgan fingerprint density at radius 2 is 1.79 bits per heavy atom. The van der Waals surface area contributed by atoms with Crippen molar-refractivity contribution in [3.8, 4) is 5.69 Å². The number of aryl methyl sites for hydroxylation is 1. The minimum atomic E-state index is -0.300. The topological polar surface area (TPSA) is 63.1 Å². The van der Waals surface area contributed by atoms with Crippen LogP contribution in [0.2, 0.25) is 0 Å². The highest BCUT2D eigenvalue weighted by Gasteiger charge is 2.21. The van der Waals surface area contributed by atoms with E-state index in [0.29, 0.717) is 18.2 Å². The quantitative estimate of drug-likeness (QED) is 0.722. The molecule has 0 bridgehead atoms. The Hall–Kier alpha value is -3.22. The molecule has 1 fully saturated rings. The summed E-state index contributed by atoms with van der Waals surface area (Å²) >= 11 is 0. The number of carbonyl (C=O) groups is 1. The molecule has 0 aliphatic carbocycles. The van der Waals surface area contributed by atoms with Gasteiger partial charge >= 0.3 is 0 Å². The number of anilines is 1. The van der Waals surface area contributed by atoms with E-state index >= 15 is 0 Å². The molecule has 2 aromatic heterocycles. The molecule has 4 rings (SSSR count). The normalized spacial score (nSPS) is 14.8. The largest absolute Gasteiger partial charge is 0.371 e. The van der Waals surface area contributed by atoms with Gasteiger partial charge in [0.15, 0.2) is 5.69 Å². The Balaban J connectivity index is 1.31. The molecule has 3 heterocycles. The molecule has 1 aliphatic heterocycles. The van der Waals surface area contributed by atoms with E-state index < -0.39 is 0 Å². The maximum absolute atomic E-state index is 13.1. The maximum atomic E-state index is 13.1. The highest BCUT2D eigenvalue weighted by Crippen LogP contribution is 2.22. The number of hydrogen-bond donors (Lipinski definition) is 1. The lowest BCUT2D eigenvalue weighted by Crippen LogP contribution is -2.38. The summed E-state index contributed by atoms with van der Waals surface area (Å²) in [6, 6.07) is 11.9. The Morgan fingerprint density at radius 1 is 1.10 bits per heavy atom. The number of carbonyl (C=O) groups excluding carboxylic acids is 1. The van der Waals surface area contributed by atoms with Crippen LogP contribution in [0.5, 0.6) is 0 Å². The molecule has 0 unspecified atom stereocenters. The first-order chi connectivity index (χ1) is 14.1. The van der Waals surface area contributed by atoms with Gasteiger partial charge in [-0.3, -0.25) is 9.78 Å². The zero-order chi connectivity index (χ0) is 20.2. The summed E-state index contributed by atoms with van der Waals surface area (Å²) < 4.78 is 14.8. The van der Waals surface area contributed by atoms with Crippen molar-refractivity contribution >= 4 is 11.6 Å². The van der Waals surface area contributed by atoms with E-state index in [1.165, 1.54) is 17.8 Å². The monoisotopic (exact) mass is 393 g/mol. The van der Waals surface area contributed by atoms with Gasteiger partial charge in [-0.05, 0) is 68.1 Å². The molecule has 1 aliphatic rings. The Bertz CT molecular complexity index is 963. The second-order valence-corrected chi connectivity index (χ2v) is 7.41. The number of nitrogens with zero attached hydrogens (tertiary/aromatic N) is 4. The first kappa shape index (κ1) is 19.1. The van der Waals surface area contributed by atoms with Gasteiger partial charge in [-0.2, -0.15) is 5.10 Å². The fourth-order valence-electron chi connectivity index (χ4n) is 3.71. The molecule has 7 heteroatoms. The molecule has 3 aromatic rings. The van der Waals surface area contributed by atoms with Crippen molar-refractivity contribution in [3.05, 3.63) is 72.1 Å². The molecule has 1 aromatic carbocycles. The molecule has 150 valence electrons. The van der Waals surface area contributed by atoms with Gasteiger partial charge in [-0.25, -0.2) is 9.07 Å².